The van der Waals surface area contributed by atoms with Crippen LogP contribution in [0.1, 0.15) is 23.2 Å². The number of aliphatic hydroxyl groups is 1. The Morgan fingerprint density at radius 2 is 2.15 bits per heavy atom. The summed E-state index contributed by atoms with van der Waals surface area (Å²) in [5, 5.41) is 9.25. The first-order chi connectivity index (χ1) is 9.39. The van der Waals surface area contributed by atoms with Crippen molar-refractivity contribution in [2.45, 2.75) is 45.9 Å². The van der Waals surface area contributed by atoms with Crippen molar-refractivity contribution in [1.82, 2.24) is 9.55 Å². The van der Waals surface area contributed by atoms with Crippen molar-refractivity contribution < 1.29 is 19.4 Å². The van der Waals surface area contributed by atoms with E-state index in [0.29, 0.717) is 24.7 Å². The molecule has 114 valence electrons. The summed E-state index contributed by atoms with van der Waals surface area (Å²) in [5.41, 5.74) is 0.309. The minimum absolute atomic E-state index is 0.203. The molecule has 0 aliphatic carbocycles. The van der Waals surface area contributed by atoms with Gasteiger partial charge in [0.05, 0.1) is 12.8 Å². The van der Waals surface area contributed by atoms with E-state index in [2.05, 4.69) is 24.6 Å². The minimum atomic E-state index is -1.14. The van der Waals surface area contributed by atoms with Crippen LogP contribution in [0.2, 0.25) is 25.7 Å². The molecule has 0 aromatic carbocycles. The third-order valence-corrected chi connectivity index (χ3v) is 4.49. The Morgan fingerprint density at radius 3 is 2.70 bits per heavy atom. The number of carbonyl (C=O) groups is 1. The van der Waals surface area contributed by atoms with Gasteiger partial charge in [-0.05, 0) is 13.0 Å². The molecule has 0 saturated carbocycles. The molecular formula is C13H24N2O4Si. The summed E-state index contributed by atoms with van der Waals surface area (Å²) in [5.74, 6) is -0.0467. The lowest BCUT2D eigenvalue weighted by molar-refractivity contribution is 0.0465. The lowest BCUT2D eigenvalue weighted by Crippen LogP contribution is -2.23. The topological polar surface area (TPSA) is 73.6 Å². The number of esters is 1. The van der Waals surface area contributed by atoms with E-state index in [1.165, 1.54) is 6.20 Å². The molecule has 0 radical (unpaired) electrons. The van der Waals surface area contributed by atoms with Gasteiger partial charge in [0.25, 0.3) is 0 Å². The van der Waals surface area contributed by atoms with E-state index in [-0.39, 0.29) is 13.3 Å². The van der Waals surface area contributed by atoms with Crippen molar-refractivity contribution >= 4 is 14.0 Å². The molecule has 0 unspecified atom stereocenters. The Labute approximate surface area is 120 Å². The lowest BCUT2D eigenvalue weighted by Gasteiger charge is -2.16. The largest absolute Gasteiger partial charge is 0.461 e. The Balaban J connectivity index is 2.67. The summed E-state index contributed by atoms with van der Waals surface area (Å²) in [6.45, 7) is 9.47. The minimum Gasteiger partial charge on any atom is -0.461 e. The van der Waals surface area contributed by atoms with Gasteiger partial charge in [0.1, 0.15) is 24.9 Å². The molecule has 0 bridgehead atoms. The first-order valence-corrected chi connectivity index (χ1v) is 10.5. The predicted octanol–water partition coefficient (Wildman–Crippen LogP) is 1.86. The number of carbonyl (C=O) groups excluding carboxylic acids is 1. The highest BCUT2D eigenvalue weighted by Crippen LogP contribution is 2.11. The number of hydrogen-bond acceptors (Lipinski definition) is 5. The van der Waals surface area contributed by atoms with Gasteiger partial charge >= 0.3 is 5.97 Å². The first kappa shape index (κ1) is 16.9. The van der Waals surface area contributed by atoms with Crippen molar-refractivity contribution in [2.75, 3.05) is 13.2 Å². The number of imidazole rings is 1. The summed E-state index contributed by atoms with van der Waals surface area (Å²) in [6.07, 6.45) is 1.41. The molecule has 0 aliphatic rings. The number of hydrogen-bond donors (Lipinski definition) is 1. The zero-order valence-corrected chi connectivity index (χ0v) is 13.7. The molecule has 1 heterocycles. The van der Waals surface area contributed by atoms with Crippen LogP contribution in [-0.4, -0.2) is 41.9 Å². The van der Waals surface area contributed by atoms with Gasteiger partial charge in [-0.1, -0.05) is 19.6 Å². The second-order valence-corrected chi connectivity index (χ2v) is 11.3. The van der Waals surface area contributed by atoms with Crippen LogP contribution in [0.4, 0.5) is 0 Å². The van der Waals surface area contributed by atoms with Crippen LogP contribution in [0.5, 0.6) is 0 Å². The monoisotopic (exact) mass is 300 g/mol. The molecule has 0 amide bonds. The Bertz CT molecular complexity index is 440. The van der Waals surface area contributed by atoms with Crippen LogP contribution in [0.25, 0.3) is 0 Å². The second kappa shape index (κ2) is 7.56. The van der Waals surface area contributed by atoms with Gasteiger partial charge in [-0.3, -0.25) is 4.57 Å². The molecular weight excluding hydrogens is 276 g/mol. The summed E-state index contributed by atoms with van der Waals surface area (Å²) in [4.78, 5) is 15.8. The molecule has 0 fully saturated rings. The van der Waals surface area contributed by atoms with Gasteiger partial charge < -0.3 is 14.6 Å². The van der Waals surface area contributed by atoms with Gasteiger partial charge in [0, 0.05) is 14.7 Å². The quantitative estimate of drug-likeness (QED) is 0.451. The van der Waals surface area contributed by atoms with E-state index in [1.807, 2.05) is 0 Å². The summed E-state index contributed by atoms with van der Waals surface area (Å²) < 4.78 is 12.1. The van der Waals surface area contributed by atoms with E-state index in [0.717, 1.165) is 6.04 Å². The molecule has 1 aromatic rings. The van der Waals surface area contributed by atoms with E-state index in [9.17, 15) is 9.90 Å². The molecule has 6 nitrogen and oxygen atoms in total. The van der Waals surface area contributed by atoms with Crippen molar-refractivity contribution in [2.24, 2.45) is 0 Å². The fraction of sp³-hybridized carbons (Fsp3) is 0.692. The third kappa shape index (κ3) is 5.07. The molecule has 7 heteroatoms. The van der Waals surface area contributed by atoms with Crippen LogP contribution < -0.4 is 0 Å². The standard InChI is InChI=1S/C13H24N2O4Si/c1-5-19-13(17)11-8-14-12(9-16)15(11)10-18-6-7-20(2,3)4/h8,16H,5-7,9-10H2,1-4H3. The molecule has 0 atom stereocenters. The number of ether oxygens (including phenoxy) is 2. The maximum Gasteiger partial charge on any atom is 0.356 e. The number of nitrogens with zero attached hydrogens (tertiary/aromatic N) is 2. The highest BCUT2D eigenvalue weighted by atomic mass is 28.3. The highest BCUT2D eigenvalue weighted by Gasteiger charge is 2.18. The van der Waals surface area contributed by atoms with Crippen LogP contribution in [0.15, 0.2) is 6.20 Å². The van der Waals surface area contributed by atoms with Crippen LogP contribution >= 0.6 is 0 Å². The van der Waals surface area contributed by atoms with Crippen molar-refractivity contribution in [3.8, 4) is 0 Å². The smallest absolute Gasteiger partial charge is 0.356 e. The van der Waals surface area contributed by atoms with E-state index in [4.69, 9.17) is 9.47 Å². The molecule has 1 N–H and O–H groups in total. The Kier molecular flexibility index (Phi) is 6.38. The first-order valence-electron chi connectivity index (χ1n) is 6.79. The zero-order valence-electron chi connectivity index (χ0n) is 12.7. The van der Waals surface area contributed by atoms with Crippen molar-refractivity contribution in [1.29, 1.82) is 0 Å². The average Bonchev–Trinajstić information content (AvgIpc) is 2.76. The number of rotatable bonds is 8. The van der Waals surface area contributed by atoms with E-state index < -0.39 is 14.0 Å². The lowest BCUT2D eigenvalue weighted by atomic mass is 10.4. The van der Waals surface area contributed by atoms with E-state index >= 15 is 0 Å². The maximum atomic E-state index is 11.8. The van der Waals surface area contributed by atoms with Crippen LogP contribution in [0, 0.1) is 0 Å². The van der Waals surface area contributed by atoms with Gasteiger partial charge in [0.15, 0.2) is 0 Å². The molecule has 20 heavy (non-hydrogen) atoms. The summed E-state index contributed by atoms with van der Waals surface area (Å²) >= 11 is 0. The molecule has 1 rings (SSSR count). The van der Waals surface area contributed by atoms with E-state index in [1.54, 1.807) is 11.5 Å². The van der Waals surface area contributed by atoms with Crippen molar-refractivity contribution in [3.05, 3.63) is 17.7 Å². The SMILES string of the molecule is CCOC(=O)c1cnc(CO)n1COCC[Si](C)(C)C. The fourth-order valence-electron chi connectivity index (χ4n) is 1.59. The highest BCUT2D eigenvalue weighted by molar-refractivity contribution is 6.76. The number of aromatic nitrogens is 2. The predicted molar refractivity (Wildman–Crippen MR) is 78.2 cm³/mol. The Morgan fingerprint density at radius 1 is 1.45 bits per heavy atom. The molecule has 0 spiro atoms. The fourth-order valence-corrected chi connectivity index (χ4v) is 2.34. The Hall–Kier alpha value is -1.18. The molecule has 0 aliphatic heterocycles. The van der Waals surface area contributed by atoms with Crippen LogP contribution in [-0.2, 0) is 22.8 Å². The molecule has 0 saturated heterocycles. The van der Waals surface area contributed by atoms with Gasteiger partial charge in [-0.25, -0.2) is 9.78 Å². The number of aliphatic hydroxyl groups excluding tert-OH is 1. The zero-order chi connectivity index (χ0) is 15.2. The van der Waals surface area contributed by atoms with Crippen molar-refractivity contribution in [3.63, 3.8) is 0 Å². The summed E-state index contributed by atoms with van der Waals surface area (Å²) in [7, 11) is -1.14. The summed E-state index contributed by atoms with van der Waals surface area (Å²) in [6, 6.07) is 1.05. The van der Waals surface area contributed by atoms with Crippen LogP contribution in [0.3, 0.4) is 0 Å². The van der Waals surface area contributed by atoms with Gasteiger partial charge in [0.2, 0.25) is 0 Å². The maximum absolute atomic E-state index is 11.8. The second-order valence-electron chi connectivity index (χ2n) is 5.71. The third-order valence-electron chi connectivity index (χ3n) is 2.78. The normalized spacial score (nSPS) is 11.7. The average molecular weight is 300 g/mol. The molecule has 1 aromatic heterocycles. The van der Waals surface area contributed by atoms with Gasteiger partial charge in [-0.2, -0.15) is 0 Å². The van der Waals surface area contributed by atoms with Gasteiger partial charge in [-0.15, -0.1) is 0 Å².